The Hall–Kier alpha value is -0.830. The second kappa shape index (κ2) is 5.15. The third-order valence-electron chi connectivity index (χ3n) is 2.69. The number of carbonyl (C=O) groups excluding carboxylic acids is 1. The Kier molecular flexibility index (Phi) is 4.14. The summed E-state index contributed by atoms with van der Waals surface area (Å²) in [7, 11) is 0. The van der Waals surface area contributed by atoms with Crippen LogP contribution in [0.25, 0.3) is 0 Å². The molecule has 1 saturated heterocycles. The van der Waals surface area contributed by atoms with Gasteiger partial charge in [0, 0.05) is 15.0 Å². The van der Waals surface area contributed by atoms with Gasteiger partial charge in [-0.1, -0.05) is 13.0 Å². The monoisotopic (exact) mass is 199 g/mol. The van der Waals surface area contributed by atoms with Gasteiger partial charge in [-0.3, -0.25) is 4.79 Å². The molecule has 1 heterocycles. The van der Waals surface area contributed by atoms with Gasteiger partial charge in [0.2, 0.25) is 5.91 Å². The van der Waals surface area contributed by atoms with E-state index in [1.807, 2.05) is 6.08 Å². The predicted molar refractivity (Wildman–Crippen MR) is 58.1 cm³/mol. The number of rotatable bonds is 3. The number of hydrogen-bond acceptors (Lipinski definition) is 2. The molecule has 3 nitrogen and oxygen atoms in total. The quantitative estimate of drug-likeness (QED) is 0.703. The molecule has 3 atom stereocenters. The molecule has 3 heteroatoms. The molecule has 1 fully saturated rings. The Balaban J connectivity index is 0.00000196. The van der Waals surface area contributed by atoms with E-state index in [0.29, 0.717) is 5.92 Å². The first-order valence-corrected chi connectivity index (χ1v) is 5.14. The van der Waals surface area contributed by atoms with Crippen LogP contribution in [0.4, 0.5) is 0 Å². The first kappa shape index (κ1) is 11.2. The Morgan fingerprint density at radius 2 is 2.50 bits per heavy atom. The summed E-state index contributed by atoms with van der Waals surface area (Å²) in [6, 6.07) is 0.138. The molecule has 82 valence electrons. The van der Waals surface area contributed by atoms with Crippen molar-refractivity contribution in [3.05, 3.63) is 12.7 Å². The third kappa shape index (κ3) is 2.84. The van der Waals surface area contributed by atoms with Crippen LogP contribution in [0.5, 0.6) is 0 Å². The smallest absolute Gasteiger partial charge is 0.217 e. The number of ether oxygens (including phenoxy) is 1. The standard InChI is InChI=1S/C11H19NO2.H2/c1-4-5-10-11(12-9(3)13)8(2)6-7-14-10;/h4,8,10-11H,1,5-7H2,2-3H3,(H,12,13);1H/t8-,10+,11+;/m0./s1. The van der Waals surface area contributed by atoms with E-state index in [4.69, 9.17) is 4.74 Å². The number of nitrogens with one attached hydrogen (secondary N) is 1. The molecule has 0 bridgehead atoms. The zero-order chi connectivity index (χ0) is 10.6. The Morgan fingerprint density at radius 3 is 3.07 bits per heavy atom. The molecule has 0 radical (unpaired) electrons. The lowest BCUT2D eigenvalue weighted by atomic mass is 9.90. The van der Waals surface area contributed by atoms with Crippen molar-refractivity contribution < 1.29 is 11.0 Å². The first-order chi connectivity index (χ1) is 6.65. The first-order valence-electron chi connectivity index (χ1n) is 5.14. The zero-order valence-corrected chi connectivity index (χ0v) is 8.95. The van der Waals surface area contributed by atoms with Crippen molar-refractivity contribution in [2.24, 2.45) is 5.92 Å². The van der Waals surface area contributed by atoms with Crippen molar-refractivity contribution in [1.82, 2.24) is 5.32 Å². The fraction of sp³-hybridized carbons (Fsp3) is 0.727. The lowest BCUT2D eigenvalue weighted by Gasteiger charge is -2.36. The van der Waals surface area contributed by atoms with Crippen LogP contribution in [0.1, 0.15) is 28.1 Å². The highest BCUT2D eigenvalue weighted by molar-refractivity contribution is 5.73. The van der Waals surface area contributed by atoms with Gasteiger partial charge in [0.15, 0.2) is 0 Å². The van der Waals surface area contributed by atoms with Crippen LogP contribution < -0.4 is 5.32 Å². The van der Waals surface area contributed by atoms with Crippen LogP contribution in [0.3, 0.4) is 0 Å². The van der Waals surface area contributed by atoms with Crippen LogP contribution >= 0.6 is 0 Å². The maximum absolute atomic E-state index is 11.0. The normalized spacial score (nSPS) is 32.3. The molecule has 1 rings (SSSR count). The van der Waals surface area contributed by atoms with Gasteiger partial charge in [0.1, 0.15) is 0 Å². The van der Waals surface area contributed by atoms with Gasteiger partial charge < -0.3 is 10.1 Å². The van der Waals surface area contributed by atoms with E-state index in [9.17, 15) is 4.79 Å². The van der Waals surface area contributed by atoms with E-state index in [0.717, 1.165) is 19.4 Å². The van der Waals surface area contributed by atoms with Crippen LogP contribution in [-0.2, 0) is 9.53 Å². The Morgan fingerprint density at radius 1 is 1.79 bits per heavy atom. The molecule has 0 unspecified atom stereocenters. The number of amides is 1. The second-order valence-corrected chi connectivity index (χ2v) is 3.93. The molecule has 0 aromatic heterocycles. The van der Waals surface area contributed by atoms with Gasteiger partial charge in [-0.25, -0.2) is 0 Å². The molecule has 0 aromatic rings. The molecule has 0 spiro atoms. The Bertz CT molecular complexity index is 221. The Labute approximate surface area is 87.0 Å². The summed E-state index contributed by atoms with van der Waals surface area (Å²) in [6.07, 6.45) is 3.76. The van der Waals surface area contributed by atoms with E-state index in [1.54, 1.807) is 6.92 Å². The molecule has 0 aromatic carbocycles. The molecule has 0 aliphatic carbocycles. The lowest BCUT2D eigenvalue weighted by molar-refractivity contribution is -0.123. The lowest BCUT2D eigenvalue weighted by Crippen LogP contribution is -2.50. The molecule has 14 heavy (non-hydrogen) atoms. The molecular weight excluding hydrogens is 178 g/mol. The highest BCUT2D eigenvalue weighted by Gasteiger charge is 2.31. The molecule has 1 N–H and O–H groups in total. The van der Waals surface area contributed by atoms with Crippen LogP contribution in [-0.4, -0.2) is 24.7 Å². The summed E-state index contributed by atoms with van der Waals surface area (Å²) >= 11 is 0. The molecular formula is C11H21NO2. The molecule has 1 amide bonds. The van der Waals surface area contributed by atoms with Crippen molar-refractivity contribution in [1.29, 1.82) is 0 Å². The third-order valence-corrected chi connectivity index (χ3v) is 2.69. The molecule has 1 aliphatic heterocycles. The minimum absolute atomic E-state index is 0. The van der Waals surface area contributed by atoms with Crippen molar-refractivity contribution in [3.63, 3.8) is 0 Å². The maximum atomic E-state index is 11.0. The van der Waals surface area contributed by atoms with Crippen LogP contribution in [0, 0.1) is 5.92 Å². The summed E-state index contributed by atoms with van der Waals surface area (Å²) < 4.78 is 5.62. The molecule has 0 saturated carbocycles. The fourth-order valence-corrected chi connectivity index (χ4v) is 1.90. The van der Waals surface area contributed by atoms with Gasteiger partial charge in [-0.2, -0.15) is 0 Å². The van der Waals surface area contributed by atoms with Crippen molar-refractivity contribution in [2.45, 2.75) is 38.8 Å². The SMILES string of the molecule is C=CC[C@H]1OCC[C@H](C)[C@H]1NC(C)=O.[HH]. The van der Waals surface area contributed by atoms with Gasteiger partial charge in [-0.05, 0) is 18.8 Å². The topological polar surface area (TPSA) is 38.3 Å². The summed E-state index contributed by atoms with van der Waals surface area (Å²) in [4.78, 5) is 11.0. The van der Waals surface area contributed by atoms with E-state index in [2.05, 4.69) is 18.8 Å². The van der Waals surface area contributed by atoms with E-state index >= 15 is 0 Å². The second-order valence-electron chi connectivity index (χ2n) is 3.93. The summed E-state index contributed by atoms with van der Waals surface area (Å²) in [6.45, 7) is 8.19. The average Bonchev–Trinajstić information content (AvgIpc) is 2.11. The minimum atomic E-state index is 0. The van der Waals surface area contributed by atoms with Crippen LogP contribution in [0.15, 0.2) is 12.7 Å². The van der Waals surface area contributed by atoms with Crippen LogP contribution in [0.2, 0.25) is 0 Å². The maximum Gasteiger partial charge on any atom is 0.217 e. The average molecular weight is 199 g/mol. The minimum Gasteiger partial charge on any atom is -0.376 e. The summed E-state index contributed by atoms with van der Waals surface area (Å²) in [5.41, 5.74) is 0. The van der Waals surface area contributed by atoms with Crippen molar-refractivity contribution >= 4 is 5.91 Å². The summed E-state index contributed by atoms with van der Waals surface area (Å²) in [5.74, 6) is 0.499. The zero-order valence-electron chi connectivity index (χ0n) is 8.95. The largest absolute Gasteiger partial charge is 0.376 e. The van der Waals surface area contributed by atoms with E-state index in [-0.39, 0.29) is 19.5 Å². The highest BCUT2D eigenvalue weighted by Crippen LogP contribution is 2.22. The van der Waals surface area contributed by atoms with Gasteiger partial charge in [0.05, 0.1) is 12.1 Å². The van der Waals surface area contributed by atoms with Crippen molar-refractivity contribution in [3.8, 4) is 0 Å². The van der Waals surface area contributed by atoms with Gasteiger partial charge in [-0.15, -0.1) is 6.58 Å². The van der Waals surface area contributed by atoms with E-state index in [1.165, 1.54) is 0 Å². The van der Waals surface area contributed by atoms with Crippen molar-refractivity contribution in [2.75, 3.05) is 6.61 Å². The summed E-state index contributed by atoms with van der Waals surface area (Å²) in [5, 5.41) is 2.95. The van der Waals surface area contributed by atoms with Gasteiger partial charge >= 0.3 is 0 Å². The predicted octanol–water partition coefficient (Wildman–Crippen LogP) is 1.74. The van der Waals surface area contributed by atoms with Gasteiger partial charge in [0.25, 0.3) is 0 Å². The number of carbonyl (C=O) groups is 1. The van der Waals surface area contributed by atoms with E-state index < -0.39 is 0 Å². The fourth-order valence-electron chi connectivity index (χ4n) is 1.90. The highest BCUT2D eigenvalue weighted by atomic mass is 16.5. The number of hydrogen-bond donors (Lipinski definition) is 1. The molecule has 1 aliphatic rings.